The minimum absolute atomic E-state index is 0.0200. The third-order valence-electron chi connectivity index (χ3n) is 3.47. The van der Waals surface area contributed by atoms with Crippen LogP contribution in [-0.4, -0.2) is 28.6 Å². The number of hydrogen-bond acceptors (Lipinski definition) is 5. The highest BCUT2D eigenvalue weighted by atomic mass is 16.7. The maximum Gasteiger partial charge on any atom is 0.399 e. The first-order chi connectivity index (χ1) is 10.6. The lowest BCUT2D eigenvalue weighted by atomic mass is 10.1. The number of Topliss-reactive ketones (excluding diaryl/α,β-unsaturated/α-hetero) is 1. The van der Waals surface area contributed by atoms with E-state index < -0.39 is 23.6 Å². The van der Waals surface area contributed by atoms with E-state index in [2.05, 4.69) is 11.4 Å². The number of allylic oxidation sites excluding steroid dienone is 1. The van der Waals surface area contributed by atoms with Crippen LogP contribution in [0.4, 0.5) is 0 Å². The third-order valence-corrected chi connectivity index (χ3v) is 3.47. The fourth-order valence-electron chi connectivity index (χ4n) is 2.18. The van der Waals surface area contributed by atoms with Gasteiger partial charge < -0.3 is 4.84 Å². The Morgan fingerprint density at radius 1 is 1.00 bits per heavy atom. The number of nitrogens with zero attached hydrogens (tertiary/aromatic N) is 1. The number of carbonyl (C=O) groups is 4. The van der Waals surface area contributed by atoms with Crippen molar-refractivity contribution in [1.29, 1.82) is 0 Å². The summed E-state index contributed by atoms with van der Waals surface area (Å²) < 4.78 is 0. The van der Waals surface area contributed by atoms with Gasteiger partial charge in [0.25, 0.3) is 11.8 Å². The second kappa shape index (κ2) is 9.87. The van der Waals surface area contributed by atoms with E-state index in [0.717, 1.165) is 38.5 Å². The number of ketones is 1. The maximum atomic E-state index is 11.6. The predicted molar refractivity (Wildman–Crippen MR) is 79.3 cm³/mol. The molecular weight excluding hydrogens is 286 g/mol. The summed E-state index contributed by atoms with van der Waals surface area (Å²) in [6.07, 6.45) is 8.92. The minimum Gasteiger partial charge on any atom is -0.322 e. The fourth-order valence-corrected chi connectivity index (χ4v) is 2.18. The largest absolute Gasteiger partial charge is 0.399 e. The number of rotatable bonds is 11. The molecule has 1 aliphatic rings. The molecule has 0 aromatic heterocycles. The molecule has 0 aliphatic carbocycles. The summed E-state index contributed by atoms with van der Waals surface area (Å²) in [5.74, 6) is -2.98. The standard InChI is InChI=1S/C16H23NO5/c1-2-3-4-5-6-7-8-9-10-13(18)16(21)22-17-14(19)11-12-15(17)20/h2H,1,3-12H2. The van der Waals surface area contributed by atoms with Gasteiger partial charge in [0, 0.05) is 19.3 Å². The Bertz CT molecular complexity index is 428. The Kier molecular flexibility index (Phi) is 8.10. The highest BCUT2D eigenvalue weighted by molar-refractivity contribution is 6.33. The van der Waals surface area contributed by atoms with Crippen LogP contribution in [0.2, 0.25) is 0 Å². The smallest absolute Gasteiger partial charge is 0.322 e. The molecule has 0 atom stereocenters. The van der Waals surface area contributed by atoms with E-state index in [4.69, 9.17) is 0 Å². The molecule has 0 saturated carbocycles. The Morgan fingerprint density at radius 3 is 2.14 bits per heavy atom. The van der Waals surface area contributed by atoms with Crippen molar-refractivity contribution in [1.82, 2.24) is 5.06 Å². The van der Waals surface area contributed by atoms with Crippen molar-refractivity contribution in [3.63, 3.8) is 0 Å². The molecule has 6 nitrogen and oxygen atoms in total. The second-order valence-electron chi connectivity index (χ2n) is 5.33. The molecule has 0 N–H and O–H groups in total. The lowest BCUT2D eigenvalue weighted by molar-refractivity contribution is -0.197. The van der Waals surface area contributed by atoms with E-state index >= 15 is 0 Å². The molecular formula is C16H23NO5. The zero-order chi connectivity index (χ0) is 16.4. The van der Waals surface area contributed by atoms with E-state index in [1.165, 1.54) is 0 Å². The molecule has 1 heterocycles. The first-order valence-electron chi connectivity index (χ1n) is 7.78. The summed E-state index contributed by atoms with van der Waals surface area (Å²) in [6, 6.07) is 0. The molecule has 1 saturated heterocycles. The molecule has 1 aliphatic heterocycles. The van der Waals surface area contributed by atoms with Gasteiger partial charge in [-0.15, -0.1) is 11.6 Å². The number of unbranched alkanes of at least 4 members (excludes halogenated alkanes) is 6. The molecule has 1 fully saturated rings. The van der Waals surface area contributed by atoms with Gasteiger partial charge in [-0.1, -0.05) is 31.8 Å². The third kappa shape index (κ3) is 6.20. The minimum atomic E-state index is -1.13. The van der Waals surface area contributed by atoms with Gasteiger partial charge in [-0.25, -0.2) is 4.79 Å². The number of carbonyl (C=O) groups excluding carboxylic acids is 4. The van der Waals surface area contributed by atoms with Crippen LogP contribution in [0.5, 0.6) is 0 Å². The van der Waals surface area contributed by atoms with Gasteiger partial charge in [-0.05, 0) is 19.3 Å². The van der Waals surface area contributed by atoms with E-state index in [-0.39, 0.29) is 19.3 Å². The Balaban J connectivity index is 2.11. The molecule has 2 amide bonds. The highest BCUT2D eigenvalue weighted by Crippen LogP contribution is 2.13. The molecule has 6 heteroatoms. The van der Waals surface area contributed by atoms with Crippen molar-refractivity contribution in [3.05, 3.63) is 12.7 Å². The summed E-state index contributed by atoms with van der Waals surface area (Å²) in [6.45, 7) is 3.66. The Morgan fingerprint density at radius 2 is 1.55 bits per heavy atom. The van der Waals surface area contributed by atoms with Crippen LogP contribution in [0.15, 0.2) is 12.7 Å². The molecule has 0 radical (unpaired) electrons. The van der Waals surface area contributed by atoms with Gasteiger partial charge in [-0.3, -0.25) is 14.4 Å². The summed E-state index contributed by atoms with van der Waals surface area (Å²) in [4.78, 5) is 50.2. The molecule has 0 aromatic rings. The molecule has 22 heavy (non-hydrogen) atoms. The van der Waals surface area contributed by atoms with Crippen molar-refractivity contribution >= 4 is 23.6 Å². The molecule has 1 rings (SSSR count). The van der Waals surface area contributed by atoms with Crippen LogP contribution < -0.4 is 0 Å². The van der Waals surface area contributed by atoms with Crippen LogP contribution in [0, 0.1) is 0 Å². The zero-order valence-corrected chi connectivity index (χ0v) is 12.8. The number of hydroxylamine groups is 2. The van der Waals surface area contributed by atoms with E-state index in [1.807, 2.05) is 6.08 Å². The summed E-state index contributed by atoms with van der Waals surface area (Å²) in [7, 11) is 0. The van der Waals surface area contributed by atoms with Crippen molar-refractivity contribution in [2.75, 3.05) is 0 Å². The van der Waals surface area contributed by atoms with Gasteiger partial charge in [0.15, 0.2) is 0 Å². The lowest BCUT2D eigenvalue weighted by Crippen LogP contribution is -2.34. The normalized spacial score (nSPS) is 14.3. The van der Waals surface area contributed by atoms with Gasteiger partial charge in [-0.2, -0.15) is 0 Å². The number of imide groups is 1. The zero-order valence-electron chi connectivity index (χ0n) is 12.8. The lowest BCUT2D eigenvalue weighted by Gasteiger charge is -2.11. The first-order valence-corrected chi connectivity index (χ1v) is 7.78. The summed E-state index contributed by atoms with van der Waals surface area (Å²) >= 11 is 0. The van der Waals surface area contributed by atoms with Crippen LogP contribution >= 0.6 is 0 Å². The van der Waals surface area contributed by atoms with E-state index in [0.29, 0.717) is 11.5 Å². The molecule has 122 valence electrons. The molecule has 0 unspecified atom stereocenters. The number of hydrogen-bond donors (Lipinski definition) is 0. The van der Waals surface area contributed by atoms with Crippen molar-refractivity contribution in [2.24, 2.45) is 0 Å². The first kappa shape index (κ1) is 18.1. The van der Waals surface area contributed by atoms with Crippen LogP contribution in [0.1, 0.15) is 64.2 Å². The quantitative estimate of drug-likeness (QED) is 0.253. The van der Waals surface area contributed by atoms with Crippen molar-refractivity contribution in [3.8, 4) is 0 Å². The van der Waals surface area contributed by atoms with Crippen LogP contribution in [0.25, 0.3) is 0 Å². The van der Waals surface area contributed by atoms with Gasteiger partial charge >= 0.3 is 5.97 Å². The van der Waals surface area contributed by atoms with Gasteiger partial charge in [0.2, 0.25) is 5.78 Å². The Labute approximate surface area is 130 Å². The number of amides is 2. The second-order valence-corrected chi connectivity index (χ2v) is 5.33. The van der Waals surface area contributed by atoms with Crippen molar-refractivity contribution < 1.29 is 24.0 Å². The van der Waals surface area contributed by atoms with Gasteiger partial charge in [0.05, 0.1) is 0 Å². The average Bonchev–Trinajstić information content (AvgIpc) is 2.81. The van der Waals surface area contributed by atoms with Gasteiger partial charge in [0.1, 0.15) is 0 Å². The SMILES string of the molecule is C=CCCCCCCCCC(=O)C(=O)ON1C(=O)CCC1=O. The highest BCUT2D eigenvalue weighted by Gasteiger charge is 2.34. The molecule has 0 bridgehead atoms. The monoisotopic (exact) mass is 309 g/mol. The Hall–Kier alpha value is -1.98. The predicted octanol–water partition coefficient (Wildman–Crippen LogP) is 2.47. The average molecular weight is 309 g/mol. The maximum absolute atomic E-state index is 11.6. The van der Waals surface area contributed by atoms with Crippen LogP contribution in [0.3, 0.4) is 0 Å². The summed E-state index contributed by atoms with van der Waals surface area (Å²) in [5.41, 5.74) is 0. The van der Waals surface area contributed by atoms with Crippen molar-refractivity contribution in [2.45, 2.75) is 64.2 Å². The van der Waals surface area contributed by atoms with E-state index in [9.17, 15) is 19.2 Å². The van der Waals surface area contributed by atoms with E-state index in [1.54, 1.807) is 0 Å². The van der Waals surface area contributed by atoms with Crippen LogP contribution in [-0.2, 0) is 24.0 Å². The fraction of sp³-hybridized carbons (Fsp3) is 0.625. The molecule has 0 aromatic carbocycles. The molecule has 0 spiro atoms. The summed E-state index contributed by atoms with van der Waals surface area (Å²) in [5, 5.41) is 0.403. The topological polar surface area (TPSA) is 80.8 Å².